The number of ether oxygens (including phenoxy) is 1. The molecule has 0 rings (SSSR count). The van der Waals surface area contributed by atoms with E-state index in [1.807, 2.05) is 13.8 Å². The molecule has 3 N–H and O–H groups in total. The summed E-state index contributed by atoms with van der Waals surface area (Å²) >= 11 is 0. The first-order valence-corrected chi connectivity index (χ1v) is 3.54. The molecule has 64 valence electrons. The molecular weight excluding hydrogens is 130 g/mol. The predicted molar refractivity (Wildman–Crippen MR) is 42.9 cm³/mol. The van der Waals surface area contributed by atoms with Gasteiger partial charge in [-0.3, -0.25) is 0 Å². The Morgan fingerprint density at radius 1 is 1.60 bits per heavy atom. The smallest absolute Gasteiger partial charge is 0.0611 e. The maximum absolute atomic E-state index is 7.88. The summed E-state index contributed by atoms with van der Waals surface area (Å²) in [6.07, 6.45) is 0.875. The van der Waals surface area contributed by atoms with Gasteiger partial charge < -0.3 is 15.6 Å². The van der Waals surface area contributed by atoms with Gasteiger partial charge in [0.1, 0.15) is 0 Å². The first-order valence-electron chi connectivity index (χ1n) is 3.54. The van der Waals surface area contributed by atoms with Crippen molar-refractivity contribution < 1.29 is 9.84 Å². The maximum Gasteiger partial charge on any atom is 0.0611 e. The first kappa shape index (κ1) is 12.5. The summed E-state index contributed by atoms with van der Waals surface area (Å²) in [7, 11) is 1.64. The molecule has 0 aliphatic carbocycles. The van der Waals surface area contributed by atoms with Gasteiger partial charge in [-0.15, -0.1) is 0 Å². The highest BCUT2D eigenvalue weighted by atomic mass is 16.5. The van der Waals surface area contributed by atoms with Crippen LogP contribution in [0.4, 0.5) is 0 Å². The highest BCUT2D eigenvalue weighted by Gasteiger charge is 1.85. The van der Waals surface area contributed by atoms with E-state index >= 15 is 0 Å². The van der Waals surface area contributed by atoms with E-state index in [9.17, 15) is 0 Å². The third-order valence-corrected chi connectivity index (χ3v) is 0.653. The summed E-state index contributed by atoms with van der Waals surface area (Å²) in [4.78, 5) is 0. The topological polar surface area (TPSA) is 55.5 Å². The quantitative estimate of drug-likeness (QED) is 0.609. The molecule has 0 aromatic rings. The SMILES string of the molecule is CCCO.COCC(C)N. The second-order valence-electron chi connectivity index (χ2n) is 2.16. The lowest BCUT2D eigenvalue weighted by Crippen LogP contribution is -2.20. The Bertz CT molecular complexity index is 46.9. The number of aliphatic hydroxyl groups is 1. The van der Waals surface area contributed by atoms with Gasteiger partial charge in [0.05, 0.1) is 6.61 Å². The Labute approximate surface area is 63.2 Å². The second kappa shape index (κ2) is 11.6. The zero-order valence-corrected chi connectivity index (χ0v) is 7.13. The summed E-state index contributed by atoms with van der Waals surface area (Å²) in [5, 5.41) is 7.88. The average molecular weight is 149 g/mol. The fraction of sp³-hybridized carbons (Fsp3) is 1.00. The molecule has 0 radical (unpaired) electrons. The minimum atomic E-state index is 0.176. The first-order chi connectivity index (χ1) is 4.68. The minimum absolute atomic E-state index is 0.176. The van der Waals surface area contributed by atoms with E-state index in [4.69, 9.17) is 10.8 Å². The van der Waals surface area contributed by atoms with E-state index in [1.54, 1.807) is 7.11 Å². The predicted octanol–water partition coefficient (Wildman–Crippen LogP) is 0.369. The lowest BCUT2D eigenvalue weighted by atomic mass is 10.4. The Morgan fingerprint density at radius 3 is 2.00 bits per heavy atom. The molecule has 0 fully saturated rings. The third kappa shape index (κ3) is 24.8. The molecule has 0 saturated heterocycles. The Balaban J connectivity index is 0. The summed E-state index contributed by atoms with van der Waals surface area (Å²) in [6.45, 7) is 4.81. The molecule has 0 aromatic carbocycles. The van der Waals surface area contributed by atoms with Crippen molar-refractivity contribution in [3.63, 3.8) is 0 Å². The molecule has 0 aliphatic heterocycles. The molecule has 3 nitrogen and oxygen atoms in total. The largest absolute Gasteiger partial charge is 0.396 e. The molecule has 0 amide bonds. The highest BCUT2D eigenvalue weighted by Crippen LogP contribution is 1.71. The molecule has 0 spiro atoms. The van der Waals surface area contributed by atoms with E-state index in [1.165, 1.54) is 0 Å². The van der Waals surface area contributed by atoms with Crippen molar-refractivity contribution in [1.82, 2.24) is 0 Å². The van der Waals surface area contributed by atoms with Crippen LogP contribution in [0.15, 0.2) is 0 Å². The number of hydrogen-bond acceptors (Lipinski definition) is 3. The fourth-order valence-corrected chi connectivity index (χ4v) is 0.263. The van der Waals surface area contributed by atoms with Crippen molar-refractivity contribution in [3.8, 4) is 0 Å². The van der Waals surface area contributed by atoms with Crippen LogP contribution in [0, 0.1) is 0 Å². The van der Waals surface area contributed by atoms with Gasteiger partial charge in [-0.2, -0.15) is 0 Å². The van der Waals surface area contributed by atoms with Crippen LogP contribution in [0.25, 0.3) is 0 Å². The molecule has 1 unspecified atom stereocenters. The van der Waals surface area contributed by atoms with Crippen molar-refractivity contribution >= 4 is 0 Å². The molecule has 0 heterocycles. The minimum Gasteiger partial charge on any atom is -0.396 e. The van der Waals surface area contributed by atoms with Crippen LogP contribution in [0.2, 0.25) is 0 Å². The van der Waals surface area contributed by atoms with Crippen LogP contribution in [0.1, 0.15) is 20.3 Å². The molecule has 0 aliphatic rings. The third-order valence-electron chi connectivity index (χ3n) is 0.653. The normalized spacial score (nSPS) is 11.7. The molecule has 0 aromatic heterocycles. The van der Waals surface area contributed by atoms with Gasteiger partial charge in [0.15, 0.2) is 0 Å². The van der Waals surface area contributed by atoms with Crippen molar-refractivity contribution in [2.24, 2.45) is 5.73 Å². The molecule has 0 saturated carbocycles. The molecule has 3 heteroatoms. The van der Waals surface area contributed by atoms with Gasteiger partial charge in [-0.05, 0) is 13.3 Å². The maximum atomic E-state index is 7.88. The van der Waals surface area contributed by atoms with Crippen molar-refractivity contribution in [3.05, 3.63) is 0 Å². The van der Waals surface area contributed by atoms with Gasteiger partial charge >= 0.3 is 0 Å². The zero-order valence-electron chi connectivity index (χ0n) is 7.13. The standard InChI is InChI=1S/C4H11NO.C3H8O/c1-4(5)3-6-2;1-2-3-4/h4H,3,5H2,1-2H3;4H,2-3H2,1H3. The lowest BCUT2D eigenvalue weighted by Gasteiger charge is -1.98. The summed E-state index contributed by atoms with van der Waals surface area (Å²) in [6, 6.07) is 0.176. The van der Waals surface area contributed by atoms with Gasteiger partial charge in [0.25, 0.3) is 0 Å². The van der Waals surface area contributed by atoms with E-state index < -0.39 is 0 Å². The molecule has 1 atom stereocenters. The number of methoxy groups -OCH3 is 1. The van der Waals surface area contributed by atoms with Crippen molar-refractivity contribution in [2.75, 3.05) is 20.3 Å². The van der Waals surface area contributed by atoms with Gasteiger partial charge in [0.2, 0.25) is 0 Å². The number of nitrogens with two attached hydrogens (primary N) is 1. The van der Waals surface area contributed by atoms with Crippen molar-refractivity contribution in [2.45, 2.75) is 26.3 Å². The van der Waals surface area contributed by atoms with E-state index in [2.05, 4.69) is 4.74 Å². The number of rotatable bonds is 3. The van der Waals surface area contributed by atoms with E-state index in [0.717, 1.165) is 6.42 Å². The van der Waals surface area contributed by atoms with E-state index in [-0.39, 0.29) is 6.04 Å². The summed E-state index contributed by atoms with van der Waals surface area (Å²) in [5.41, 5.74) is 5.28. The van der Waals surface area contributed by atoms with Crippen LogP contribution in [0.5, 0.6) is 0 Å². The van der Waals surface area contributed by atoms with Crippen LogP contribution in [-0.2, 0) is 4.74 Å². The fourth-order valence-electron chi connectivity index (χ4n) is 0.263. The van der Waals surface area contributed by atoms with Crippen LogP contribution in [-0.4, -0.2) is 31.5 Å². The van der Waals surface area contributed by atoms with Gasteiger partial charge in [-0.1, -0.05) is 6.92 Å². The second-order valence-corrected chi connectivity index (χ2v) is 2.16. The van der Waals surface area contributed by atoms with Crippen LogP contribution < -0.4 is 5.73 Å². The van der Waals surface area contributed by atoms with Crippen LogP contribution >= 0.6 is 0 Å². The summed E-state index contributed by atoms with van der Waals surface area (Å²) < 4.78 is 4.68. The molecular formula is C7H19NO2. The average Bonchev–Trinajstić information content (AvgIpc) is 1.89. The number of hydrogen-bond donors (Lipinski definition) is 2. The van der Waals surface area contributed by atoms with Crippen molar-refractivity contribution in [1.29, 1.82) is 0 Å². The molecule has 10 heavy (non-hydrogen) atoms. The molecule has 0 bridgehead atoms. The lowest BCUT2D eigenvalue weighted by molar-refractivity contribution is 0.185. The number of aliphatic hydroxyl groups excluding tert-OH is 1. The Hall–Kier alpha value is -0.120. The van der Waals surface area contributed by atoms with E-state index in [0.29, 0.717) is 13.2 Å². The Kier molecular flexibility index (Phi) is 14.6. The van der Waals surface area contributed by atoms with Gasteiger partial charge in [0, 0.05) is 19.8 Å². The highest BCUT2D eigenvalue weighted by molar-refractivity contribution is 4.45. The van der Waals surface area contributed by atoms with Gasteiger partial charge in [-0.25, -0.2) is 0 Å². The monoisotopic (exact) mass is 149 g/mol. The Morgan fingerprint density at radius 2 is 2.00 bits per heavy atom. The zero-order chi connectivity index (χ0) is 8.41. The van der Waals surface area contributed by atoms with Crippen LogP contribution in [0.3, 0.4) is 0 Å². The summed E-state index contributed by atoms with van der Waals surface area (Å²) in [5.74, 6) is 0.